The van der Waals surface area contributed by atoms with E-state index in [0.29, 0.717) is 25.0 Å². The maximum atomic E-state index is 12.4. The first-order valence-corrected chi connectivity index (χ1v) is 11.5. The number of nitrogens with zero attached hydrogens (tertiary/aromatic N) is 1. The Labute approximate surface area is 182 Å². The molecule has 1 fully saturated rings. The average Bonchev–Trinajstić information content (AvgIpc) is 2.72. The van der Waals surface area contributed by atoms with Crippen molar-refractivity contribution in [2.24, 2.45) is 5.92 Å². The second kappa shape index (κ2) is 10.1. The molecule has 1 heterocycles. The van der Waals surface area contributed by atoms with E-state index in [9.17, 15) is 14.9 Å². The summed E-state index contributed by atoms with van der Waals surface area (Å²) in [6.07, 6.45) is 3.53. The molecule has 0 bridgehead atoms. The van der Waals surface area contributed by atoms with Crippen LogP contribution in [-0.4, -0.2) is 23.3 Å². The highest BCUT2D eigenvalue weighted by Gasteiger charge is 2.32. The molecule has 160 valence electrons. The fourth-order valence-electron chi connectivity index (χ4n) is 3.82. The van der Waals surface area contributed by atoms with Gasteiger partial charge in [-0.3, -0.25) is 14.9 Å². The molecule has 0 radical (unpaired) electrons. The number of thioether (sulfide) groups is 1. The number of aryl methyl sites for hydroxylation is 2. The maximum Gasteiger partial charge on any atom is 0.309 e. The van der Waals surface area contributed by atoms with E-state index < -0.39 is 0 Å². The van der Waals surface area contributed by atoms with Crippen LogP contribution in [0.1, 0.15) is 54.4 Å². The quantitative estimate of drug-likeness (QED) is 0.170. The van der Waals surface area contributed by atoms with E-state index in [4.69, 9.17) is 4.74 Å². The second-order valence-corrected chi connectivity index (χ2v) is 9.21. The van der Waals surface area contributed by atoms with Gasteiger partial charge in [-0.25, -0.2) is 0 Å². The lowest BCUT2D eigenvalue weighted by Crippen LogP contribution is -2.31. The number of ether oxygens (including phenoxy) is 1. The molecule has 1 aliphatic rings. The highest BCUT2D eigenvalue weighted by molar-refractivity contribution is 7.99. The molecule has 1 aliphatic heterocycles. The number of nitro benzene ring substituents is 1. The van der Waals surface area contributed by atoms with Gasteiger partial charge in [-0.2, -0.15) is 0 Å². The summed E-state index contributed by atoms with van der Waals surface area (Å²) in [6.45, 7) is 6.45. The number of rotatable bonds is 8. The van der Waals surface area contributed by atoms with E-state index in [0.717, 1.165) is 11.3 Å². The Hall–Kier alpha value is -2.34. The van der Waals surface area contributed by atoms with Crippen molar-refractivity contribution in [2.45, 2.75) is 57.3 Å². The van der Waals surface area contributed by atoms with Gasteiger partial charge in [-0.15, -0.1) is 11.8 Å². The van der Waals surface area contributed by atoms with Crippen molar-refractivity contribution in [3.05, 3.63) is 68.8 Å². The van der Waals surface area contributed by atoms with Crippen LogP contribution in [0.2, 0.25) is 0 Å². The Bertz CT molecular complexity index is 927. The minimum absolute atomic E-state index is 0.0977. The van der Waals surface area contributed by atoms with Gasteiger partial charge in [-0.1, -0.05) is 37.6 Å². The summed E-state index contributed by atoms with van der Waals surface area (Å²) in [6, 6.07) is 11.7. The van der Waals surface area contributed by atoms with Crippen LogP contribution in [0.3, 0.4) is 0 Å². The number of carbonyl (C=O) groups is 1. The third-order valence-electron chi connectivity index (χ3n) is 5.72. The van der Waals surface area contributed by atoms with Crippen LogP contribution in [0, 0.1) is 29.9 Å². The third kappa shape index (κ3) is 5.42. The summed E-state index contributed by atoms with van der Waals surface area (Å²) in [5.41, 5.74) is 4.00. The molecule has 6 heteroatoms. The number of carbonyl (C=O) groups excluding carboxylic acids is 1. The molecule has 2 aromatic rings. The number of esters is 1. The molecule has 0 N–H and O–H groups in total. The zero-order valence-electron chi connectivity index (χ0n) is 17.8. The average molecular weight is 428 g/mol. The van der Waals surface area contributed by atoms with Gasteiger partial charge in [-0.05, 0) is 61.6 Å². The van der Waals surface area contributed by atoms with E-state index in [1.54, 1.807) is 19.1 Å². The molecule has 0 saturated carbocycles. The zero-order chi connectivity index (χ0) is 21.7. The summed E-state index contributed by atoms with van der Waals surface area (Å²) in [4.78, 5) is 24.6. The van der Waals surface area contributed by atoms with Crippen LogP contribution in [-0.2, 0) is 16.0 Å². The number of unbranched alkanes of at least 4 members (excludes halogenated alkanes) is 1. The van der Waals surface area contributed by atoms with Crippen molar-refractivity contribution in [1.82, 2.24) is 0 Å². The van der Waals surface area contributed by atoms with Crippen molar-refractivity contribution >= 4 is 23.4 Å². The van der Waals surface area contributed by atoms with Crippen molar-refractivity contribution in [2.75, 3.05) is 12.4 Å². The summed E-state index contributed by atoms with van der Waals surface area (Å²) in [5.74, 6) is 0.761. The Morgan fingerprint density at radius 1 is 1.17 bits per heavy atom. The molecule has 3 rings (SSSR count). The molecule has 0 aliphatic carbocycles. The maximum absolute atomic E-state index is 12.4. The molecule has 0 spiro atoms. The van der Waals surface area contributed by atoms with Gasteiger partial charge >= 0.3 is 5.97 Å². The Morgan fingerprint density at radius 2 is 1.93 bits per heavy atom. The summed E-state index contributed by atoms with van der Waals surface area (Å²) < 4.78 is 5.52. The summed E-state index contributed by atoms with van der Waals surface area (Å²) in [5, 5.41) is 11.2. The van der Waals surface area contributed by atoms with Gasteiger partial charge in [0.1, 0.15) is 0 Å². The predicted molar refractivity (Wildman–Crippen MR) is 120 cm³/mol. The highest BCUT2D eigenvalue weighted by atomic mass is 32.2. The van der Waals surface area contributed by atoms with E-state index in [2.05, 4.69) is 32.0 Å². The second-order valence-electron chi connectivity index (χ2n) is 8.07. The number of hydrogen-bond donors (Lipinski definition) is 0. The number of cyclic esters (lactones) is 1. The molecule has 2 aromatic carbocycles. The predicted octanol–water partition coefficient (Wildman–Crippen LogP) is 5.99. The minimum atomic E-state index is -0.370. The standard InChI is InChI=1S/C24H29NO4S/c1-4-5-10-30-23-14-19(9-7-17(23)3)21-13-20(24(26)29-15-21)11-18-8-6-16(2)22(12-18)25(27)28/h6-9,12,14,20-21H,4-5,10-11,13,15H2,1-3H3. The van der Waals surface area contributed by atoms with Crippen LogP contribution in [0.25, 0.3) is 0 Å². The first-order valence-electron chi connectivity index (χ1n) is 10.5. The molecule has 1 saturated heterocycles. The monoisotopic (exact) mass is 427 g/mol. The lowest BCUT2D eigenvalue weighted by Gasteiger charge is -2.29. The first-order chi connectivity index (χ1) is 14.4. The third-order valence-corrected chi connectivity index (χ3v) is 6.96. The summed E-state index contributed by atoms with van der Waals surface area (Å²) >= 11 is 1.89. The van der Waals surface area contributed by atoms with Crippen LogP contribution >= 0.6 is 11.8 Å². The van der Waals surface area contributed by atoms with E-state index >= 15 is 0 Å². The van der Waals surface area contributed by atoms with Crippen molar-refractivity contribution in [3.63, 3.8) is 0 Å². The Balaban J connectivity index is 1.74. The highest BCUT2D eigenvalue weighted by Crippen LogP contribution is 2.35. The molecule has 2 atom stereocenters. The van der Waals surface area contributed by atoms with Crippen molar-refractivity contribution in [3.8, 4) is 0 Å². The minimum Gasteiger partial charge on any atom is -0.465 e. The molecule has 2 unspecified atom stereocenters. The lowest BCUT2D eigenvalue weighted by molar-refractivity contribution is -0.385. The largest absolute Gasteiger partial charge is 0.465 e. The zero-order valence-corrected chi connectivity index (χ0v) is 18.7. The Morgan fingerprint density at radius 3 is 2.67 bits per heavy atom. The van der Waals surface area contributed by atoms with Crippen LogP contribution in [0.4, 0.5) is 5.69 Å². The number of hydrogen-bond acceptors (Lipinski definition) is 5. The van der Waals surface area contributed by atoms with Crippen molar-refractivity contribution < 1.29 is 14.5 Å². The number of benzene rings is 2. The van der Waals surface area contributed by atoms with E-state index in [1.807, 2.05) is 17.8 Å². The number of nitro groups is 1. The van der Waals surface area contributed by atoms with Gasteiger partial charge < -0.3 is 4.74 Å². The van der Waals surface area contributed by atoms with Crippen LogP contribution in [0.15, 0.2) is 41.3 Å². The topological polar surface area (TPSA) is 69.4 Å². The first kappa shape index (κ1) is 22.3. The fourth-order valence-corrected chi connectivity index (χ4v) is 4.99. The van der Waals surface area contributed by atoms with Crippen molar-refractivity contribution in [1.29, 1.82) is 0 Å². The Kier molecular flexibility index (Phi) is 7.53. The van der Waals surface area contributed by atoms with Gasteiger partial charge in [0.15, 0.2) is 0 Å². The van der Waals surface area contributed by atoms with E-state index in [1.165, 1.54) is 28.9 Å². The lowest BCUT2D eigenvalue weighted by atomic mass is 9.84. The molecule has 0 amide bonds. The molecular formula is C24H29NO4S. The van der Waals surface area contributed by atoms with Gasteiger partial charge in [0.05, 0.1) is 17.4 Å². The molecule has 30 heavy (non-hydrogen) atoms. The van der Waals surface area contributed by atoms with Gasteiger partial charge in [0.25, 0.3) is 5.69 Å². The molecule has 5 nitrogen and oxygen atoms in total. The van der Waals surface area contributed by atoms with Gasteiger partial charge in [0.2, 0.25) is 0 Å². The smallest absolute Gasteiger partial charge is 0.309 e. The van der Waals surface area contributed by atoms with Crippen LogP contribution in [0.5, 0.6) is 0 Å². The normalized spacial score (nSPS) is 18.8. The molecule has 0 aromatic heterocycles. The fraction of sp³-hybridized carbons (Fsp3) is 0.458. The van der Waals surface area contributed by atoms with E-state index in [-0.39, 0.29) is 28.4 Å². The van der Waals surface area contributed by atoms with Gasteiger partial charge in [0, 0.05) is 22.4 Å². The van der Waals surface area contributed by atoms with Crippen LogP contribution < -0.4 is 0 Å². The SMILES string of the molecule is CCCCSc1cc(C2COC(=O)C(Cc3ccc(C)c([N+](=O)[O-])c3)C2)ccc1C. The molecular weight excluding hydrogens is 398 g/mol. The summed E-state index contributed by atoms with van der Waals surface area (Å²) in [7, 11) is 0.